The van der Waals surface area contributed by atoms with Crippen LogP contribution in [0.1, 0.15) is 25.3 Å². The number of allylic oxidation sites excluding steroid dienone is 1. The van der Waals surface area contributed by atoms with Gasteiger partial charge in [0.1, 0.15) is 10.8 Å². The number of carbonyl (C=O) groups excluding carboxylic acids is 2. The summed E-state index contributed by atoms with van der Waals surface area (Å²) in [5.74, 6) is -1.24. The van der Waals surface area contributed by atoms with Crippen molar-refractivity contribution in [1.82, 2.24) is 9.97 Å². The van der Waals surface area contributed by atoms with Crippen molar-refractivity contribution in [1.29, 1.82) is 5.26 Å². The van der Waals surface area contributed by atoms with Crippen molar-refractivity contribution in [3.63, 3.8) is 0 Å². The lowest BCUT2D eigenvalue weighted by Gasteiger charge is -2.29. The highest BCUT2D eigenvalue weighted by atomic mass is 32.2. The minimum absolute atomic E-state index is 0.0644. The molecule has 1 unspecified atom stereocenters. The van der Waals surface area contributed by atoms with Crippen LogP contribution in [-0.2, 0) is 9.59 Å². The predicted octanol–water partition coefficient (Wildman–Crippen LogP) is 4.56. The molecule has 32 heavy (non-hydrogen) atoms. The zero-order chi connectivity index (χ0) is 22.7. The minimum atomic E-state index is -0.533. The number of carbonyl (C=O) groups is 2. The molecule has 0 aliphatic carbocycles. The van der Waals surface area contributed by atoms with Gasteiger partial charge in [-0.15, -0.1) is 0 Å². The first-order valence-corrected chi connectivity index (χ1v) is 11.7. The summed E-state index contributed by atoms with van der Waals surface area (Å²) in [7, 11) is 0. The second-order valence-electron chi connectivity index (χ2n) is 7.26. The van der Waals surface area contributed by atoms with Crippen LogP contribution in [0.25, 0.3) is 10.2 Å². The molecule has 1 aromatic carbocycles. The van der Waals surface area contributed by atoms with Crippen molar-refractivity contribution in [2.24, 2.45) is 10.9 Å². The molecule has 3 aromatic rings. The van der Waals surface area contributed by atoms with Gasteiger partial charge in [-0.25, -0.2) is 9.98 Å². The number of hydrogen-bond donors (Lipinski definition) is 1. The van der Waals surface area contributed by atoms with E-state index >= 15 is 0 Å². The number of thiazole rings is 1. The molecular weight excluding hydrogens is 442 g/mol. The van der Waals surface area contributed by atoms with Gasteiger partial charge in [-0.2, -0.15) is 5.26 Å². The normalized spacial score (nSPS) is 18.2. The Morgan fingerprint density at radius 1 is 1.25 bits per heavy atom. The number of thioether (sulfide) groups is 1. The summed E-state index contributed by atoms with van der Waals surface area (Å²) in [5, 5.41) is 13.7. The van der Waals surface area contributed by atoms with Crippen molar-refractivity contribution in [3.05, 3.63) is 65.0 Å². The summed E-state index contributed by atoms with van der Waals surface area (Å²) in [4.78, 5) is 38.0. The molecule has 1 amide bonds. The van der Waals surface area contributed by atoms with E-state index < -0.39 is 11.8 Å². The highest BCUT2D eigenvalue weighted by Crippen LogP contribution is 2.41. The third-order valence-corrected chi connectivity index (χ3v) is 7.03. The number of aliphatic imine (C=N–C) groups is 1. The molecule has 0 saturated heterocycles. The fourth-order valence-electron chi connectivity index (χ4n) is 3.72. The molecule has 0 spiro atoms. The van der Waals surface area contributed by atoms with E-state index in [9.17, 15) is 14.9 Å². The van der Waals surface area contributed by atoms with Crippen LogP contribution >= 0.6 is 23.1 Å². The summed E-state index contributed by atoms with van der Waals surface area (Å²) in [6.45, 7) is 3.29. The predicted molar refractivity (Wildman–Crippen MR) is 128 cm³/mol. The number of anilines is 1. The number of aromatic nitrogens is 2. The van der Waals surface area contributed by atoms with Crippen LogP contribution in [0.3, 0.4) is 0 Å². The van der Waals surface area contributed by atoms with Gasteiger partial charge in [-0.05, 0) is 37.6 Å². The second-order valence-corrected chi connectivity index (χ2v) is 9.25. The van der Waals surface area contributed by atoms with E-state index in [1.165, 1.54) is 30.0 Å². The molecular formula is C23H19N5O2S2. The summed E-state index contributed by atoms with van der Waals surface area (Å²) >= 11 is 2.59. The van der Waals surface area contributed by atoms with Gasteiger partial charge in [0.2, 0.25) is 5.91 Å². The van der Waals surface area contributed by atoms with Gasteiger partial charge in [-0.3, -0.25) is 14.6 Å². The smallest absolute Gasteiger partial charge is 0.236 e. The minimum Gasteiger partial charge on any atom is -0.301 e. The molecule has 7 nitrogen and oxygen atoms in total. The molecule has 3 heterocycles. The highest BCUT2D eigenvalue weighted by Gasteiger charge is 2.37. The number of nitrogens with zero attached hydrogens (tertiary/aromatic N) is 4. The van der Waals surface area contributed by atoms with Gasteiger partial charge >= 0.3 is 0 Å². The Morgan fingerprint density at radius 2 is 2.06 bits per heavy atom. The van der Waals surface area contributed by atoms with Crippen LogP contribution in [0.5, 0.6) is 0 Å². The van der Waals surface area contributed by atoms with E-state index in [1.54, 1.807) is 25.4 Å². The zero-order valence-electron chi connectivity index (χ0n) is 17.4. The number of hydrogen-bond acceptors (Lipinski definition) is 8. The largest absolute Gasteiger partial charge is 0.301 e. The maximum Gasteiger partial charge on any atom is 0.236 e. The van der Waals surface area contributed by atoms with E-state index in [4.69, 9.17) is 0 Å². The second kappa shape index (κ2) is 9.42. The van der Waals surface area contributed by atoms with E-state index in [2.05, 4.69) is 26.3 Å². The summed E-state index contributed by atoms with van der Waals surface area (Å²) in [6.07, 6.45) is 3.31. The van der Waals surface area contributed by atoms with E-state index in [0.717, 1.165) is 15.8 Å². The molecule has 1 aliphatic heterocycles. The Balaban J connectivity index is 1.56. The van der Waals surface area contributed by atoms with Crippen molar-refractivity contribution in [3.8, 4) is 6.07 Å². The number of benzene rings is 1. The number of fused-ring (bicyclic) bond motifs is 1. The number of rotatable bonds is 6. The first-order chi connectivity index (χ1) is 15.5. The summed E-state index contributed by atoms with van der Waals surface area (Å²) in [6, 6.07) is 13.5. The fraction of sp³-hybridized carbons (Fsp3) is 0.217. The number of nitriles is 1. The van der Waals surface area contributed by atoms with Crippen LogP contribution in [-0.4, -0.2) is 33.1 Å². The van der Waals surface area contributed by atoms with Crippen LogP contribution in [0.2, 0.25) is 0 Å². The molecule has 160 valence electrons. The van der Waals surface area contributed by atoms with Gasteiger partial charge in [0.05, 0.1) is 33.5 Å². The SMILES string of the molecule is CC(=O)C1C(C)=NC(SCC(=O)Nc2nc3ccccc3s2)=C(C#N)[C@H]1c1cccnc1. The first-order valence-electron chi connectivity index (χ1n) is 9.86. The Kier molecular flexibility index (Phi) is 6.44. The zero-order valence-corrected chi connectivity index (χ0v) is 19.0. The Morgan fingerprint density at radius 3 is 2.75 bits per heavy atom. The molecule has 0 fully saturated rings. The lowest BCUT2D eigenvalue weighted by atomic mass is 9.76. The number of para-hydroxylation sites is 1. The Labute approximate surface area is 193 Å². The van der Waals surface area contributed by atoms with Crippen molar-refractivity contribution in [2.45, 2.75) is 19.8 Å². The monoisotopic (exact) mass is 461 g/mol. The molecule has 2 atom stereocenters. The first kappa shape index (κ1) is 21.9. The van der Waals surface area contributed by atoms with Crippen LogP contribution in [0.15, 0.2) is 64.4 Å². The molecule has 9 heteroatoms. The third-order valence-electron chi connectivity index (χ3n) is 5.08. The van der Waals surface area contributed by atoms with Crippen LogP contribution in [0.4, 0.5) is 5.13 Å². The van der Waals surface area contributed by atoms with Gasteiger partial charge in [-0.1, -0.05) is 41.3 Å². The number of nitrogens with one attached hydrogen (secondary N) is 1. The highest BCUT2D eigenvalue weighted by molar-refractivity contribution is 8.03. The number of Topliss-reactive ketones (excluding diaryl/α,β-unsaturated/α-hetero) is 1. The lowest BCUT2D eigenvalue weighted by molar-refractivity contribution is -0.119. The molecule has 2 aromatic heterocycles. The van der Waals surface area contributed by atoms with E-state index in [0.29, 0.717) is 21.4 Å². The molecule has 0 saturated carbocycles. The van der Waals surface area contributed by atoms with Gasteiger partial charge in [0, 0.05) is 24.0 Å². The van der Waals surface area contributed by atoms with Crippen molar-refractivity contribution >= 4 is 55.8 Å². The molecule has 0 radical (unpaired) electrons. The standard InChI is InChI=1S/C23H19N5O2S2/c1-13-20(14(2)29)21(15-6-5-9-25-11-15)16(10-24)22(26-13)31-12-19(30)28-23-27-17-7-3-4-8-18(17)32-23/h3-9,11,20-21H,12H2,1-2H3,(H,27,28,30)/t20?,21-/m1/s1. The van der Waals surface area contributed by atoms with Crippen molar-refractivity contribution < 1.29 is 9.59 Å². The van der Waals surface area contributed by atoms with Crippen LogP contribution in [0, 0.1) is 17.2 Å². The van der Waals surface area contributed by atoms with Gasteiger partial charge in [0.25, 0.3) is 0 Å². The Hall–Kier alpha value is -3.35. The Bertz CT molecular complexity index is 1260. The summed E-state index contributed by atoms with van der Waals surface area (Å²) < 4.78 is 0.993. The van der Waals surface area contributed by atoms with Gasteiger partial charge in [0.15, 0.2) is 5.13 Å². The topological polar surface area (TPSA) is 108 Å². The van der Waals surface area contributed by atoms with Crippen LogP contribution < -0.4 is 5.32 Å². The fourth-order valence-corrected chi connectivity index (χ4v) is 5.48. The average molecular weight is 462 g/mol. The maximum absolute atomic E-state index is 12.5. The number of amides is 1. The number of ketones is 1. The molecule has 1 aliphatic rings. The molecule has 1 N–H and O–H groups in total. The third kappa shape index (κ3) is 4.47. The van der Waals surface area contributed by atoms with Gasteiger partial charge < -0.3 is 5.32 Å². The van der Waals surface area contributed by atoms with E-state index in [1.807, 2.05) is 30.3 Å². The quantitative estimate of drug-likeness (QED) is 0.576. The number of pyridine rings is 1. The average Bonchev–Trinajstić information content (AvgIpc) is 3.19. The molecule has 0 bridgehead atoms. The maximum atomic E-state index is 12.5. The molecule has 4 rings (SSSR count). The van der Waals surface area contributed by atoms with E-state index in [-0.39, 0.29) is 17.4 Å². The summed E-state index contributed by atoms with van der Waals surface area (Å²) in [5.41, 5.74) is 2.61. The lowest BCUT2D eigenvalue weighted by Crippen LogP contribution is -2.31. The van der Waals surface area contributed by atoms with Crippen molar-refractivity contribution in [2.75, 3.05) is 11.1 Å².